The van der Waals surface area contributed by atoms with Crippen LogP contribution in [0.25, 0.3) is 0 Å². The Hall–Kier alpha value is -0.340. The molecule has 1 N–H and O–H groups in total. The highest BCUT2D eigenvalue weighted by molar-refractivity contribution is 9.10. The zero-order chi connectivity index (χ0) is 10.8. The molecule has 0 radical (unpaired) electrons. The molecule has 15 heavy (non-hydrogen) atoms. The second-order valence-corrected chi connectivity index (χ2v) is 5.35. The Morgan fingerprint density at radius 3 is 2.60 bits per heavy atom. The third-order valence-electron chi connectivity index (χ3n) is 3.37. The molecule has 1 aromatic rings. The SMILES string of the molecule is Cc1cc(C(O)C2CCCC2)ccc1Br. The number of hydrogen-bond donors (Lipinski definition) is 1. The molecule has 0 spiro atoms. The molecule has 0 bridgehead atoms. The van der Waals surface area contributed by atoms with Crippen molar-refractivity contribution in [2.24, 2.45) is 5.92 Å². The van der Waals surface area contributed by atoms with Crippen LogP contribution in [0.1, 0.15) is 42.9 Å². The molecule has 1 aliphatic rings. The Balaban J connectivity index is 2.17. The Morgan fingerprint density at radius 2 is 2.00 bits per heavy atom. The molecule has 1 atom stereocenters. The summed E-state index contributed by atoms with van der Waals surface area (Å²) in [6.45, 7) is 2.06. The van der Waals surface area contributed by atoms with Crippen LogP contribution in [0, 0.1) is 12.8 Å². The third kappa shape index (κ3) is 2.43. The molecule has 1 unspecified atom stereocenters. The van der Waals surface area contributed by atoms with Crippen LogP contribution in [0.4, 0.5) is 0 Å². The first-order valence-electron chi connectivity index (χ1n) is 5.62. The predicted molar refractivity (Wildman–Crippen MR) is 65.8 cm³/mol. The maximum Gasteiger partial charge on any atom is 0.0818 e. The first-order chi connectivity index (χ1) is 7.18. The minimum absolute atomic E-state index is 0.265. The van der Waals surface area contributed by atoms with E-state index in [9.17, 15) is 5.11 Å². The van der Waals surface area contributed by atoms with E-state index in [2.05, 4.69) is 28.9 Å². The minimum atomic E-state index is -0.265. The van der Waals surface area contributed by atoms with E-state index >= 15 is 0 Å². The molecule has 0 aromatic heterocycles. The van der Waals surface area contributed by atoms with E-state index in [0.29, 0.717) is 5.92 Å². The molecule has 1 saturated carbocycles. The lowest BCUT2D eigenvalue weighted by Crippen LogP contribution is -2.08. The van der Waals surface area contributed by atoms with Crippen LogP contribution in [0.15, 0.2) is 22.7 Å². The summed E-state index contributed by atoms with van der Waals surface area (Å²) in [5.74, 6) is 0.477. The summed E-state index contributed by atoms with van der Waals surface area (Å²) in [7, 11) is 0. The van der Waals surface area contributed by atoms with E-state index in [1.54, 1.807) is 0 Å². The van der Waals surface area contributed by atoms with Crippen LogP contribution in [0.5, 0.6) is 0 Å². The van der Waals surface area contributed by atoms with Gasteiger partial charge in [0.05, 0.1) is 6.10 Å². The van der Waals surface area contributed by atoms with Crippen molar-refractivity contribution in [3.05, 3.63) is 33.8 Å². The highest BCUT2D eigenvalue weighted by atomic mass is 79.9. The number of aliphatic hydroxyl groups excluding tert-OH is 1. The summed E-state index contributed by atoms with van der Waals surface area (Å²) in [5, 5.41) is 10.2. The first kappa shape index (κ1) is 11.2. The lowest BCUT2D eigenvalue weighted by Gasteiger charge is -2.18. The van der Waals surface area contributed by atoms with Gasteiger partial charge in [-0.3, -0.25) is 0 Å². The average molecular weight is 269 g/mol. The zero-order valence-electron chi connectivity index (χ0n) is 9.04. The second-order valence-electron chi connectivity index (χ2n) is 4.50. The van der Waals surface area contributed by atoms with Crippen molar-refractivity contribution in [3.8, 4) is 0 Å². The van der Waals surface area contributed by atoms with Gasteiger partial charge in [-0.05, 0) is 42.9 Å². The summed E-state index contributed by atoms with van der Waals surface area (Å²) in [6.07, 6.45) is 4.64. The van der Waals surface area contributed by atoms with E-state index in [1.165, 1.54) is 31.2 Å². The largest absolute Gasteiger partial charge is 0.388 e. The van der Waals surface area contributed by atoms with Gasteiger partial charge in [-0.2, -0.15) is 0 Å². The number of halogens is 1. The molecular formula is C13H17BrO. The van der Waals surface area contributed by atoms with Crippen LogP contribution < -0.4 is 0 Å². The van der Waals surface area contributed by atoms with Gasteiger partial charge < -0.3 is 5.11 Å². The Labute approximate surface area is 99.6 Å². The molecular weight excluding hydrogens is 252 g/mol. The van der Waals surface area contributed by atoms with Gasteiger partial charge >= 0.3 is 0 Å². The zero-order valence-corrected chi connectivity index (χ0v) is 10.6. The number of aliphatic hydroxyl groups is 1. The van der Waals surface area contributed by atoms with Crippen molar-refractivity contribution in [2.45, 2.75) is 38.7 Å². The molecule has 0 aliphatic heterocycles. The summed E-state index contributed by atoms with van der Waals surface area (Å²) < 4.78 is 1.12. The fourth-order valence-corrected chi connectivity index (χ4v) is 2.64. The van der Waals surface area contributed by atoms with Gasteiger partial charge in [-0.25, -0.2) is 0 Å². The van der Waals surface area contributed by atoms with E-state index < -0.39 is 0 Å². The Bertz CT molecular complexity index is 342. The number of rotatable bonds is 2. The summed E-state index contributed by atoms with van der Waals surface area (Å²) >= 11 is 3.48. The lowest BCUT2D eigenvalue weighted by molar-refractivity contribution is 0.111. The minimum Gasteiger partial charge on any atom is -0.388 e. The van der Waals surface area contributed by atoms with Crippen LogP contribution in [-0.4, -0.2) is 5.11 Å². The van der Waals surface area contributed by atoms with Gasteiger partial charge in [0.1, 0.15) is 0 Å². The lowest BCUT2D eigenvalue weighted by atomic mass is 9.94. The van der Waals surface area contributed by atoms with Crippen molar-refractivity contribution < 1.29 is 5.11 Å². The molecule has 1 aliphatic carbocycles. The maximum absolute atomic E-state index is 10.2. The second kappa shape index (κ2) is 4.67. The number of hydrogen-bond acceptors (Lipinski definition) is 1. The summed E-state index contributed by atoms with van der Waals surface area (Å²) in [5.41, 5.74) is 2.27. The Morgan fingerprint density at radius 1 is 1.33 bits per heavy atom. The molecule has 0 amide bonds. The fourth-order valence-electron chi connectivity index (χ4n) is 2.40. The molecule has 82 valence electrons. The van der Waals surface area contributed by atoms with Crippen molar-refractivity contribution >= 4 is 15.9 Å². The molecule has 2 heteroatoms. The molecule has 2 rings (SSSR count). The first-order valence-corrected chi connectivity index (χ1v) is 6.42. The quantitative estimate of drug-likeness (QED) is 0.861. The molecule has 0 heterocycles. The van der Waals surface area contributed by atoms with Gasteiger partial charge in [0.2, 0.25) is 0 Å². The smallest absolute Gasteiger partial charge is 0.0818 e. The monoisotopic (exact) mass is 268 g/mol. The highest BCUT2D eigenvalue weighted by Crippen LogP contribution is 2.36. The van der Waals surface area contributed by atoms with Crippen LogP contribution in [0.2, 0.25) is 0 Å². The molecule has 1 nitrogen and oxygen atoms in total. The van der Waals surface area contributed by atoms with Crippen molar-refractivity contribution in [3.63, 3.8) is 0 Å². The van der Waals surface area contributed by atoms with E-state index in [-0.39, 0.29) is 6.10 Å². The van der Waals surface area contributed by atoms with Gasteiger partial charge in [0, 0.05) is 4.47 Å². The molecule has 1 fully saturated rings. The average Bonchev–Trinajstić information content (AvgIpc) is 2.74. The highest BCUT2D eigenvalue weighted by Gasteiger charge is 2.24. The van der Waals surface area contributed by atoms with Crippen LogP contribution >= 0.6 is 15.9 Å². The summed E-state index contributed by atoms with van der Waals surface area (Å²) in [4.78, 5) is 0. The van der Waals surface area contributed by atoms with Crippen molar-refractivity contribution in [2.75, 3.05) is 0 Å². The predicted octanol–water partition coefficient (Wildman–Crippen LogP) is 3.98. The van der Waals surface area contributed by atoms with Gasteiger partial charge in [-0.1, -0.05) is 40.9 Å². The molecule has 1 aromatic carbocycles. The molecule has 0 saturated heterocycles. The van der Waals surface area contributed by atoms with Gasteiger partial charge in [-0.15, -0.1) is 0 Å². The van der Waals surface area contributed by atoms with Crippen molar-refractivity contribution in [1.82, 2.24) is 0 Å². The standard InChI is InChI=1S/C13H17BrO/c1-9-8-11(6-7-12(9)14)13(15)10-4-2-3-5-10/h6-8,10,13,15H,2-5H2,1H3. The fraction of sp³-hybridized carbons (Fsp3) is 0.538. The van der Waals surface area contributed by atoms with E-state index in [1.807, 2.05) is 12.1 Å². The van der Waals surface area contributed by atoms with Crippen LogP contribution in [0.3, 0.4) is 0 Å². The van der Waals surface area contributed by atoms with E-state index in [4.69, 9.17) is 0 Å². The third-order valence-corrected chi connectivity index (χ3v) is 4.26. The number of benzene rings is 1. The maximum atomic E-state index is 10.2. The van der Waals surface area contributed by atoms with E-state index in [0.717, 1.165) is 10.0 Å². The topological polar surface area (TPSA) is 20.2 Å². The van der Waals surface area contributed by atoms with Gasteiger partial charge in [0.25, 0.3) is 0 Å². The Kier molecular flexibility index (Phi) is 3.47. The van der Waals surface area contributed by atoms with Crippen LogP contribution in [-0.2, 0) is 0 Å². The normalized spacial score (nSPS) is 19.4. The number of aryl methyl sites for hydroxylation is 1. The summed E-state index contributed by atoms with van der Waals surface area (Å²) in [6, 6.07) is 6.15. The van der Waals surface area contributed by atoms with Gasteiger partial charge in [0.15, 0.2) is 0 Å². The van der Waals surface area contributed by atoms with Crippen molar-refractivity contribution in [1.29, 1.82) is 0 Å².